The highest BCUT2D eigenvalue weighted by Gasteiger charge is 2.25. The number of pyridine rings is 1. The summed E-state index contributed by atoms with van der Waals surface area (Å²) in [7, 11) is 0. The number of benzene rings is 1. The minimum absolute atomic E-state index is 0.139. The second-order valence-electron chi connectivity index (χ2n) is 7.36. The summed E-state index contributed by atoms with van der Waals surface area (Å²) in [5.41, 5.74) is 4.62. The van der Waals surface area contributed by atoms with Crippen molar-refractivity contribution in [1.29, 1.82) is 0 Å². The maximum Gasteiger partial charge on any atom is 0.262 e. The summed E-state index contributed by atoms with van der Waals surface area (Å²) < 4.78 is 15.7. The average molecular weight is 375 g/mol. The maximum atomic E-state index is 14.0. The van der Waals surface area contributed by atoms with E-state index in [0.29, 0.717) is 11.3 Å². The highest BCUT2D eigenvalue weighted by Crippen LogP contribution is 2.41. The first kappa shape index (κ1) is 16.8. The summed E-state index contributed by atoms with van der Waals surface area (Å²) in [5.74, 6) is 0.262. The number of H-pyrrole nitrogens is 1. The number of aromatic nitrogens is 5. The van der Waals surface area contributed by atoms with Crippen LogP contribution >= 0.6 is 0 Å². The van der Waals surface area contributed by atoms with Crippen molar-refractivity contribution in [2.75, 3.05) is 0 Å². The van der Waals surface area contributed by atoms with Crippen LogP contribution in [0.1, 0.15) is 35.4 Å². The molecular weight excluding hydrogens is 357 g/mol. The van der Waals surface area contributed by atoms with E-state index in [9.17, 15) is 9.18 Å². The maximum absolute atomic E-state index is 14.0. The van der Waals surface area contributed by atoms with Gasteiger partial charge in [0.15, 0.2) is 11.5 Å². The Morgan fingerprint density at radius 1 is 1.21 bits per heavy atom. The molecule has 0 aliphatic heterocycles. The van der Waals surface area contributed by atoms with Gasteiger partial charge in [0, 0.05) is 12.4 Å². The Bertz CT molecular complexity index is 1260. The first-order valence-corrected chi connectivity index (χ1v) is 9.22. The van der Waals surface area contributed by atoms with E-state index >= 15 is 0 Å². The lowest BCUT2D eigenvalue weighted by atomic mass is 10.0. The van der Waals surface area contributed by atoms with E-state index in [4.69, 9.17) is 0 Å². The zero-order chi connectivity index (χ0) is 19.4. The third kappa shape index (κ3) is 2.70. The van der Waals surface area contributed by atoms with Crippen molar-refractivity contribution >= 4 is 11.0 Å². The summed E-state index contributed by atoms with van der Waals surface area (Å²) in [4.78, 5) is 23.3. The SMILES string of the molecule is Cc1cc(C2CC2)cc(C)c1-n1cc2c(=O)[nH]c(-c3ccncc3F)nc2n1. The van der Waals surface area contributed by atoms with Gasteiger partial charge in [-0.3, -0.25) is 9.78 Å². The highest BCUT2D eigenvalue weighted by atomic mass is 19.1. The van der Waals surface area contributed by atoms with Gasteiger partial charge in [0.1, 0.15) is 11.2 Å². The van der Waals surface area contributed by atoms with E-state index in [2.05, 4.69) is 46.0 Å². The largest absolute Gasteiger partial charge is 0.306 e. The summed E-state index contributed by atoms with van der Waals surface area (Å²) in [6, 6.07) is 5.87. The fraction of sp³-hybridized carbons (Fsp3) is 0.238. The van der Waals surface area contributed by atoms with Crippen LogP contribution in [0.2, 0.25) is 0 Å². The van der Waals surface area contributed by atoms with E-state index in [0.717, 1.165) is 23.0 Å². The predicted molar refractivity (Wildman–Crippen MR) is 104 cm³/mol. The molecule has 0 bridgehead atoms. The Labute approximate surface area is 160 Å². The second-order valence-corrected chi connectivity index (χ2v) is 7.36. The monoisotopic (exact) mass is 375 g/mol. The summed E-state index contributed by atoms with van der Waals surface area (Å²) in [6.07, 6.45) is 6.72. The van der Waals surface area contributed by atoms with Crippen molar-refractivity contribution < 1.29 is 4.39 Å². The molecule has 0 spiro atoms. The number of aromatic amines is 1. The van der Waals surface area contributed by atoms with Crippen LogP contribution in [-0.2, 0) is 0 Å². The number of hydrogen-bond acceptors (Lipinski definition) is 4. The normalized spacial score (nSPS) is 14.0. The number of hydrogen-bond donors (Lipinski definition) is 1. The van der Waals surface area contributed by atoms with Gasteiger partial charge in [0.2, 0.25) is 0 Å². The molecule has 28 heavy (non-hydrogen) atoms. The van der Waals surface area contributed by atoms with Crippen molar-refractivity contribution in [3.8, 4) is 17.1 Å². The minimum atomic E-state index is -0.549. The van der Waals surface area contributed by atoms with Gasteiger partial charge in [0.25, 0.3) is 5.56 Å². The van der Waals surface area contributed by atoms with Gasteiger partial charge in [-0.1, -0.05) is 12.1 Å². The molecule has 1 saturated carbocycles. The highest BCUT2D eigenvalue weighted by molar-refractivity contribution is 5.76. The minimum Gasteiger partial charge on any atom is -0.306 e. The fourth-order valence-corrected chi connectivity index (χ4v) is 3.73. The molecule has 1 aliphatic rings. The van der Waals surface area contributed by atoms with Crippen LogP contribution in [0.15, 0.2) is 41.6 Å². The van der Waals surface area contributed by atoms with Crippen LogP contribution in [0, 0.1) is 19.7 Å². The summed E-state index contributed by atoms with van der Waals surface area (Å²) in [6.45, 7) is 4.10. The molecule has 3 aromatic heterocycles. The number of halogens is 1. The Morgan fingerprint density at radius 3 is 2.64 bits per heavy atom. The lowest BCUT2D eigenvalue weighted by molar-refractivity contribution is 0.623. The lowest BCUT2D eigenvalue weighted by Crippen LogP contribution is -2.09. The fourth-order valence-electron chi connectivity index (χ4n) is 3.73. The third-order valence-electron chi connectivity index (χ3n) is 5.21. The standard InChI is InChI=1S/C21H18FN5O/c1-11-7-14(13-3-4-13)8-12(2)18(11)27-10-16-20(26-27)24-19(25-21(16)28)15-5-6-23-9-17(15)22/h5-10,13H,3-4H2,1-2H3,(H,24,25,26,28). The van der Waals surface area contributed by atoms with Crippen LogP contribution in [-0.4, -0.2) is 24.7 Å². The first-order valence-electron chi connectivity index (χ1n) is 9.22. The third-order valence-corrected chi connectivity index (χ3v) is 5.21. The van der Waals surface area contributed by atoms with Crippen LogP contribution in [0.4, 0.5) is 4.39 Å². The van der Waals surface area contributed by atoms with Crippen molar-refractivity contribution in [3.05, 3.63) is 69.7 Å². The Balaban J connectivity index is 1.66. The van der Waals surface area contributed by atoms with Crippen molar-refractivity contribution in [1.82, 2.24) is 24.7 Å². The van der Waals surface area contributed by atoms with E-state index in [1.807, 2.05) is 0 Å². The van der Waals surface area contributed by atoms with Gasteiger partial charge in [-0.05, 0) is 55.4 Å². The van der Waals surface area contributed by atoms with Crippen LogP contribution in [0.3, 0.4) is 0 Å². The Hall–Kier alpha value is -3.35. The summed E-state index contributed by atoms with van der Waals surface area (Å²) in [5, 5.41) is 4.88. The molecule has 0 radical (unpaired) electrons. The number of aryl methyl sites for hydroxylation is 2. The van der Waals surface area contributed by atoms with Gasteiger partial charge < -0.3 is 4.98 Å². The van der Waals surface area contributed by atoms with Gasteiger partial charge in [0.05, 0.1) is 17.4 Å². The zero-order valence-electron chi connectivity index (χ0n) is 15.5. The molecule has 7 heteroatoms. The zero-order valence-corrected chi connectivity index (χ0v) is 15.5. The molecule has 3 heterocycles. The van der Waals surface area contributed by atoms with Gasteiger partial charge in [-0.2, -0.15) is 0 Å². The number of fused-ring (bicyclic) bond motifs is 1. The molecule has 1 aliphatic carbocycles. The number of nitrogens with zero attached hydrogens (tertiary/aromatic N) is 4. The molecule has 1 aromatic carbocycles. The van der Waals surface area contributed by atoms with Crippen LogP contribution in [0.5, 0.6) is 0 Å². The van der Waals surface area contributed by atoms with E-state index < -0.39 is 5.82 Å². The van der Waals surface area contributed by atoms with E-state index in [1.165, 1.54) is 30.7 Å². The summed E-state index contributed by atoms with van der Waals surface area (Å²) >= 11 is 0. The molecule has 0 amide bonds. The quantitative estimate of drug-likeness (QED) is 0.591. The van der Waals surface area contributed by atoms with Crippen LogP contribution in [0.25, 0.3) is 28.1 Å². The van der Waals surface area contributed by atoms with Crippen LogP contribution < -0.4 is 5.56 Å². The predicted octanol–water partition coefficient (Wildman–Crippen LogP) is 3.80. The molecule has 0 unspecified atom stereocenters. The van der Waals surface area contributed by atoms with Gasteiger partial charge in [-0.25, -0.2) is 14.1 Å². The van der Waals surface area contributed by atoms with Crippen molar-refractivity contribution in [2.45, 2.75) is 32.6 Å². The van der Waals surface area contributed by atoms with Gasteiger partial charge in [-0.15, -0.1) is 5.10 Å². The van der Waals surface area contributed by atoms with Gasteiger partial charge >= 0.3 is 0 Å². The molecule has 4 aromatic rings. The topological polar surface area (TPSA) is 76.5 Å². The molecular formula is C21H18FN5O. The molecule has 1 fully saturated rings. The molecule has 0 saturated heterocycles. The van der Waals surface area contributed by atoms with Crippen molar-refractivity contribution in [2.24, 2.45) is 0 Å². The lowest BCUT2D eigenvalue weighted by Gasteiger charge is -2.12. The number of rotatable bonds is 3. The average Bonchev–Trinajstić information content (AvgIpc) is 3.42. The smallest absolute Gasteiger partial charge is 0.262 e. The Morgan fingerprint density at radius 2 is 1.96 bits per heavy atom. The Kier molecular flexibility index (Phi) is 3.65. The molecule has 6 nitrogen and oxygen atoms in total. The second kappa shape index (κ2) is 6.09. The molecule has 140 valence electrons. The number of nitrogens with one attached hydrogen (secondary N) is 1. The van der Waals surface area contributed by atoms with Crippen molar-refractivity contribution in [3.63, 3.8) is 0 Å². The first-order chi connectivity index (χ1) is 13.5. The molecule has 0 atom stereocenters. The van der Waals surface area contributed by atoms with E-state index in [1.54, 1.807) is 10.9 Å². The molecule has 1 N–H and O–H groups in total. The molecule has 5 rings (SSSR count). The van der Waals surface area contributed by atoms with E-state index in [-0.39, 0.29) is 22.6 Å².